The summed E-state index contributed by atoms with van der Waals surface area (Å²) < 4.78 is 0. The fourth-order valence-electron chi connectivity index (χ4n) is 2.44. The minimum Gasteiger partial charge on any atom is -0.344 e. The van der Waals surface area contributed by atoms with Crippen molar-refractivity contribution in [1.29, 1.82) is 0 Å². The van der Waals surface area contributed by atoms with E-state index in [-0.39, 0.29) is 11.4 Å². The maximum Gasteiger partial charge on any atom is 0.242 e. The number of hydrogen-bond acceptors (Lipinski definition) is 2. The third-order valence-electron chi connectivity index (χ3n) is 3.24. The van der Waals surface area contributed by atoms with Gasteiger partial charge in [0.05, 0.1) is 5.54 Å². The first-order valence-corrected chi connectivity index (χ1v) is 6.02. The molecule has 1 atom stereocenters. The Morgan fingerprint density at radius 3 is 2.60 bits per heavy atom. The zero-order valence-corrected chi connectivity index (χ0v) is 10.5. The normalized spacial score (nSPS) is 25.9. The molecule has 0 aromatic carbocycles. The molecule has 3 nitrogen and oxygen atoms in total. The molecule has 1 N–H and O–H groups in total. The molecule has 1 heterocycles. The lowest BCUT2D eigenvalue weighted by atomic mass is 9.92. The SMILES string of the molecule is CCC1(C(=O)N(C)CC(C)C)CCCN1. The van der Waals surface area contributed by atoms with E-state index in [9.17, 15) is 4.79 Å². The smallest absolute Gasteiger partial charge is 0.242 e. The molecular formula is C12H24N2O. The summed E-state index contributed by atoms with van der Waals surface area (Å²) in [7, 11) is 1.92. The lowest BCUT2D eigenvalue weighted by Crippen LogP contribution is -2.54. The van der Waals surface area contributed by atoms with E-state index in [1.54, 1.807) is 0 Å². The Hall–Kier alpha value is -0.570. The molecule has 1 aliphatic heterocycles. The second kappa shape index (κ2) is 4.97. The first kappa shape index (κ1) is 12.5. The van der Waals surface area contributed by atoms with Gasteiger partial charge in [0.15, 0.2) is 0 Å². The summed E-state index contributed by atoms with van der Waals surface area (Å²) >= 11 is 0. The number of nitrogens with zero attached hydrogens (tertiary/aromatic N) is 1. The maximum absolute atomic E-state index is 12.3. The van der Waals surface area contributed by atoms with E-state index >= 15 is 0 Å². The van der Waals surface area contributed by atoms with Crippen LogP contribution in [0, 0.1) is 5.92 Å². The van der Waals surface area contributed by atoms with E-state index < -0.39 is 0 Å². The van der Waals surface area contributed by atoms with Crippen LogP contribution in [0.15, 0.2) is 0 Å². The van der Waals surface area contributed by atoms with Crippen molar-refractivity contribution in [1.82, 2.24) is 10.2 Å². The van der Waals surface area contributed by atoms with Crippen LogP contribution in [0.4, 0.5) is 0 Å². The maximum atomic E-state index is 12.3. The van der Waals surface area contributed by atoms with Crippen molar-refractivity contribution >= 4 is 5.91 Å². The van der Waals surface area contributed by atoms with Gasteiger partial charge in [0.25, 0.3) is 0 Å². The summed E-state index contributed by atoms with van der Waals surface area (Å²) in [4.78, 5) is 14.2. The molecule has 15 heavy (non-hydrogen) atoms. The predicted octanol–water partition coefficient (Wildman–Crippen LogP) is 1.63. The first-order valence-electron chi connectivity index (χ1n) is 6.02. The topological polar surface area (TPSA) is 32.3 Å². The van der Waals surface area contributed by atoms with Gasteiger partial charge in [-0.1, -0.05) is 20.8 Å². The molecule has 88 valence electrons. The average Bonchev–Trinajstić information content (AvgIpc) is 2.65. The lowest BCUT2D eigenvalue weighted by molar-refractivity contribution is -0.137. The molecule has 0 aliphatic carbocycles. The Labute approximate surface area is 93.2 Å². The van der Waals surface area contributed by atoms with Gasteiger partial charge < -0.3 is 10.2 Å². The number of hydrogen-bond donors (Lipinski definition) is 1. The molecule has 0 spiro atoms. The second-order valence-corrected chi connectivity index (χ2v) is 5.05. The fourth-order valence-corrected chi connectivity index (χ4v) is 2.44. The van der Waals surface area contributed by atoms with Crippen LogP contribution in [0.5, 0.6) is 0 Å². The Balaban J connectivity index is 2.64. The molecule has 0 bridgehead atoms. The number of carbonyl (C=O) groups excluding carboxylic acids is 1. The predicted molar refractivity (Wildman–Crippen MR) is 62.7 cm³/mol. The number of amides is 1. The van der Waals surface area contributed by atoms with Gasteiger partial charge in [0.1, 0.15) is 0 Å². The highest BCUT2D eigenvalue weighted by Crippen LogP contribution is 2.25. The summed E-state index contributed by atoms with van der Waals surface area (Å²) in [5.41, 5.74) is -0.260. The van der Waals surface area contributed by atoms with Crippen LogP contribution in [0.1, 0.15) is 40.0 Å². The molecule has 0 saturated carbocycles. The first-order chi connectivity index (χ1) is 7.02. The van der Waals surface area contributed by atoms with E-state index in [1.807, 2.05) is 11.9 Å². The fraction of sp³-hybridized carbons (Fsp3) is 0.917. The molecule has 3 heteroatoms. The Kier molecular flexibility index (Phi) is 4.14. The zero-order chi connectivity index (χ0) is 11.5. The van der Waals surface area contributed by atoms with Crippen LogP contribution in [0.25, 0.3) is 0 Å². The van der Waals surface area contributed by atoms with Gasteiger partial charge in [0.2, 0.25) is 5.91 Å². The highest BCUT2D eigenvalue weighted by molar-refractivity contribution is 5.86. The zero-order valence-electron chi connectivity index (χ0n) is 10.5. The van der Waals surface area contributed by atoms with Gasteiger partial charge in [-0.3, -0.25) is 4.79 Å². The van der Waals surface area contributed by atoms with E-state index in [2.05, 4.69) is 26.1 Å². The quantitative estimate of drug-likeness (QED) is 0.768. The molecule has 1 amide bonds. The number of nitrogens with one attached hydrogen (secondary N) is 1. The second-order valence-electron chi connectivity index (χ2n) is 5.05. The van der Waals surface area contributed by atoms with Gasteiger partial charge in [-0.05, 0) is 31.7 Å². The molecular weight excluding hydrogens is 188 g/mol. The molecule has 1 aliphatic rings. The van der Waals surface area contributed by atoms with Crippen molar-refractivity contribution in [3.05, 3.63) is 0 Å². The number of carbonyl (C=O) groups is 1. The minimum atomic E-state index is -0.260. The van der Waals surface area contributed by atoms with E-state index in [0.29, 0.717) is 5.92 Å². The molecule has 1 rings (SSSR count). The molecule has 0 aromatic rings. The van der Waals surface area contributed by atoms with E-state index in [0.717, 1.165) is 32.4 Å². The highest BCUT2D eigenvalue weighted by atomic mass is 16.2. The molecule has 1 fully saturated rings. The summed E-state index contributed by atoms with van der Waals surface area (Å²) in [6, 6.07) is 0. The van der Waals surface area contributed by atoms with E-state index in [1.165, 1.54) is 0 Å². The summed E-state index contributed by atoms with van der Waals surface area (Å²) in [5, 5.41) is 3.38. The highest BCUT2D eigenvalue weighted by Gasteiger charge is 2.40. The van der Waals surface area contributed by atoms with Crippen molar-refractivity contribution in [2.75, 3.05) is 20.1 Å². The third-order valence-corrected chi connectivity index (χ3v) is 3.24. The number of rotatable bonds is 4. The minimum absolute atomic E-state index is 0.260. The summed E-state index contributed by atoms with van der Waals surface area (Å²) in [6.45, 7) is 8.21. The van der Waals surface area contributed by atoms with Crippen LogP contribution in [0.3, 0.4) is 0 Å². The van der Waals surface area contributed by atoms with Gasteiger partial charge >= 0.3 is 0 Å². The van der Waals surface area contributed by atoms with Crippen molar-refractivity contribution in [3.8, 4) is 0 Å². The average molecular weight is 212 g/mol. The molecule has 0 radical (unpaired) electrons. The number of likely N-dealkylation sites (N-methyl/N-ethyl adjacent to an activating group) is 1. The monoisotopic (exact) mass is 212 g/mol. The van der Waals surface area contributed by atoms with Gasteiger partial charge in [-0.25, -0.2) is 0 Å². The van der Waals surface area contributed by atoms with Crippen LogP contribution in [-0.4, -0.2) is 36.5 Å². The van der Waals surface area contributed by atoms with Gasteiger partial charge in [-0.2, -0.15) is 0 Å². The molecule has 0 aromatic heterocycles. The third kappa shape index (κ3) is 2.71. The van der Waals surface area contributed by atoms with E-state index in [4.69, 9.17) is 0 Å². The largest absolute Gasteiger partial charge is 0.344 e. The van der Waals surface area contributed by atoms with Crippen LogP contribution < -0.4 is 5.32 Å². The van der Waals surface area contributed by atoms with Crippen LogP contribution in [-0.2, 0) is 4.79 Å². The van der Waals surface area contributed by atoms with Crippen molar-refractivity contribution in [3.63, 3.8) is 0 Å². The van der Waals surface area contributed by atoms with Crippen molar-refractivity contribution < 1.29 is 4.79 Å². The molecule has 1 saturated heterocycles. The Bertz CT molecular complexity index is 220. The van der Waals surface area contributed by atoms with Crippen LogP contribution in [0.2, 0.25) is 0 Å². The molecule has 1 unspecified atom stereocenters. The van der Waals surface area contributed by atoms with Crippen molar-refractivity contribution in [2.45, 2.75) is 45.6 Å². The Morgan fingerprint density at radius 2 is 2.20 bits per heavy atom. The standard InChI is InChI=1S/C12H24N2O/c1-5-12(7-6-8-13-12)11(15)14(4)9-10(2)3/h10,13H,5-9H2,1-4H3. The Morgan fingerprint density at radius 1 is 1.53 bits per heavy atom. The lowest BCUT2D eigenvalue weighted by Gasteiger charge is -2.32. The summed E-state index contributed by atoms with van der Waals surface area (Å²) in [6.07, 6.45) is 3.01. The van der Waals surface area contributed by atoms with Crippen molar-refractivity contribution in [2.24, 2.45) is 5.92 Å². The van der Waals surface area contributed by atoms with Gasteiger partial charge in [0, 0.05) is 13.6 Å². The van der Waals surface area contributed by atoms with Crippen LogP contribution >= 0.6 is 0 Å². The summed E-state index contributed by atoms with van der Waals surface area (Å²) in [5.74, 6) is 0.811. The van der Waals surface area contributed by atoms with Gasteiger partial charge in [-0.15, -0.1) is 0 Å².